The van der Waals surface area contributed by atoms with Crippen molar-refractivity contribution < 1.29 is 19.0 Å². The van der Waals surface area contributed by atoms with Crippen molar-refractivity contribution in [3.8, 4) is 46.8 Å². The summed E-state index contributed by atoms with van der Waals surface area (Å²) in [4.78, 5) is 17.5. The zero-order valence-corrected chi connectivity index (χ0v) is 20.6. The summed E-state index contributed by atoms with van der Waals surface area (Å²) in [7, 11) is 3.16. The van der Waals surface area contributed by atoms with Gasteiger partial charge in [0.05, 0.1) is 31.8 Å². The summed E-state index contributed by atoms with van der Waals surface area (Å²) in [5.74, 6) is 4.54. The van der Waals surface area contributed by atoms with Gasteiger partial charge in [0.2, 0.25) is 5.91 Å². The van der Waals surface area contributed by atoms with E-state index in [4.69, 9.17) is 20.6 Å². The predicted octanol–water partition coefficient (Wildman–Crippen LogP) is 3.54. The van der Waals surface area contributed by atoms with Crippen LogP contribution in [-0.4, -0.2) is 51.7 Å². The summed E-state index contributed by atoms with van der Waals surface area (Å²) in [6, 6.07) is 13.0. The Bertz CT molecular complexity index is 1520. The van der Waals surface area contributed by atoms with Crippen molar-refractivity contribution in [2.24, 2.45) is 0 Å². The maximum Gasteiger partial charge on any atom is 0.272 e. The van der Waals surface area contributed by atoms with Gasteiger partial charge in [-0.3, -0.25) is 4.79 Å². The first-order valence-corrected chi connectivity index (χ1v) is 11.5. The van der Waals surface area contributed by atoms with Crippen molar-refractivity contribution in [1.29, 1.82) is 0 Å². The number of methoxy groups -OCH3 is 2. The SMILES string of the molecule is C#CCOc1ccc([C@H]2CC(=O)Nc3c2c(C)nn3-c2nncc(-c3cccc(OC)c3)n2)cc1OC. The molecular formula is C27H24N6O4. The Hall–Kier alpha value is -4.91. The molecule has 5 rings (SSSR count). The molecule has 0 spiro atoms. The lowest BCUT2D eigenvalue weighted by molar-refractivity contribution is -0.116. The second kappa shape index (κ2) is 9.99. The summed E-state index contributed by atoms with van der Waals surface area (Å²) >= 11 is 0. The molecule has 2 aromatic heterocycles. The second-order valence-electron chi connectivity index (χ2n) is 8.34. The Morgan fingerprint density at radius 1 is 1.16 bits per heavy atom. The molecule has 0 unspecified atom stereocenters. The maximum atomic E-state index is 12.8. The first-order chi connectivity index (χ1) is 18.0. The van der Waals surface area contributed by atoms with Crippen molar-refractivity contribution in [1.82, 2.24) is 25.0 Å². The van der Waals surface area contributed by atoms with Crippen molar-refractivity contribution in [3.05, 3.63) is 65.5 Å². The van der Waals surface area contributed by atoms with Gasteiger partial charge in [-0.2, -0.15) is 14.9 Å². The number of nitrogens with one attached hydrogen (secondary N) is 1. The molecule has 186 valence electrons. The van der Waals surface area contributed by atoms with Crippen molar-refractivity contribution >= 4 is 11.7 Å². The van der Waals surface area contributed by atoms with Crippen molar-refractivity contribution in [2.75, 3.05) is 26.1 Å². The Kier molecular flexibility index (Phi) is 6.43. The average molecular weight is 497 g/mol. The molecule has 4 aromatic rings. The minimum absolute atomic E-state index is 0.125. The molecule has 1 aliphatic heterocycles. The van der Waals surface area contributed by atoms with E-state index < -0.39 is 0 Å². The Balaban J connectivity index is 1.56. The lowest BCUT2D eigenvalue weighted by Gasteiger charge is -2.24. The number of anilines is 1. The Morgan fingerprint density at radius 3 is 2.81 bits per heavy atom. The normalized spacial score (nSPS) is 14.3. The van der Waals surface area contributed by atoms with E-state index in [0.717, 1.165) is 22.4 Å². The fraction of sp³-hybridized carbons (Fsp3) is 0.222. The van der Waals surface area contributed by atoms with Gasteiger partial charge in [-0.25, -0.2) is 4.98 Å². The van der Waals surface area contributed by atoms with Crippen molar-refractivity contribution in [2.45, 2.75) is 19.3 Å². The van der Waals surface area contributed by atoms with E-state index in [9.17, 15) is 4.79 Å². The molecule has 0 bridgehead atoms. The Labute approximate surface area is 213 Å². The zero-order chi connectivity index (χ0) is 25.9. The molecule has 37 heavy (non-hydrogen) atoms. The van der Waals surface area contributed by atoms with Gasteiger partial charge in [0, 0.05) is 23.5 Å². The topological polar surface area (TPSA) is 113 Å². The lowest BCUT2D eigenvalue weighted by atomic mass is 9.85. The average Bonchev–Trinajstić information content (AvgIpc) is 3.27. The van der Waals surface area contributed by atoms with Crippen LogP contribution in [0.1, 0.15) is 29.2 Å². The van der Waals surface area contributed by atoms with Gasteiger partial charge in [-0.15, -0.1) is 11.5 Å². The fourth-order valence-corrected chi connectivity index (χ4v) is 4.42. The molecular weight excluding hydrogens is 472 g/mol. The van der Waals surface area contributed by atoms with Crippen LogP contribution in [0.4, 0.5) is 5.82 Å². The van der Waals surface area contributed by atoms with Crippen LogP contribution in [0.2, 0.25) is 0 Å². The number of nitrogens with zero attached hydrogens (tertiary/aromatic N) is 5. The summed E-state index contributed by atoms with van der Waals surface area (Å²) in [6.07, 6.45) is 7.13. The van der Waals surface area contributed by atoms with Gasteiger partial charge in [-0.05, 0) is 36.8 Å². The molecule has 10 heteroatoms. The van der Waals surface area contributed by atoms with E-state index in [2.05, 4.69) is 31.5 Å². The summed E-state index contributed by atoms with van der Waals surface area (Å²) < 4.78 is 17.9. The lowest BCUT2D eigenvalue weighted by Crippen LogP contribution is -2.25. The number of hydrogen-bond acceptors (Lipinski definition) is 8. The van der Waals surface area contributed by atoms with Crippen LogP contribution in [0.15, 0.2) is 48.7 Å². The monoisotopic (exact) mass is 496 g/mol. The number of hydrogen-bond donors (Lipinski definition) is 1. The van der Waals surface area contributed by atoms with Crippen LogP contribution in [0.5, 0.6) is 17.2 Å². The van der Waals surface area contributed by atoms with Gasteiger partial charge in [0.1, 0.15) is 18.2 Å². The van der Waals surface area contributed by atoms with E-state index in [0.29, 0.717) is 28.8 Å². The van der Waals surface area contributed by atoms with Gasteiger partial charge in [0.25, 0.3) is 5.95 Å². The number of aryl methyl sites for hydroxylation is 1. The summed E-state index contributed by atoms with van der Waals surface area (Å²) in [6.45, 7) is 2.02. The van der Waals surface area contributed by atoms with E-state index in [1.54, 1.807) is 26.5 Å². The molecule has 1 aliphatic rings. The van der Waals surface area contributed by atoms with E-state index in [1.807, 2.05) is 43.3 Å². The van der Waals surface area contributed by atoms with Crippen LogP contribution < -0.4 is 19.5 Å². The quantitative estimate of drug-likeness (QED) is 0.387. The first kappa shape index (κ1) is 23.8. The fourth-order valence-electron chi connectivity index (χ4n) is 4.42. The van der Waals surface area contributed by atoms with Gasteiger partial charge in [-0.1, -0.05) is 24.1 Å². The van der Waals surface area contributed by atoms with Crippen LogP contribution >= 0.6 is 0 Å². The molecule has 0 aliphatic carbocycles. The summed E-state index contributed by atoms with van der Waals surface area (Å²) in [5.41, 5.74) is 3.90. The smallest absolute Gasteiger partial charge is 0.272 e. The van der Waals surface area contributed by atoms with Crippen LogP contribution in [0.3, 0.4) is 0 Å². The van der Waals surface area contributed by atoms with Crippen LogP contribution in [0, 0.1) is 19.3 Å². The largest absolute Gasteiger partial charge is 0.497 e. The number of carbonyl (C=O) groups excluding carboxylic acids is 1. The number of carbonyl (C=O) groups is 1. The van der Waals surface area contributed by atoms with E-state index in [-0.39, 0.29) is 30.8 Å². The molecule has 3 heterocycles. The molecule has 0 saturated carbocycles. The molecule has 1 N–H and O–H groups in total. The number of benzene rings is 2. The number of rotatable bonds is 7. The molecule has 1 atom stereocenters. The van der Waals surface area contributed by atoms with E-state index >= 15 is 0 Å². The molecule has 0 fully saturated rings. The number of ether oxygens (including phenoxy) is 3. The number of terminal acetylenes is 1. The highest BCUT2D eigenvalue weighted by molar-refractivity contribution is 5.95. The molecule has 0 saturated heterocycles. The molecule has 10 nitrogen and oxygen atoms in total. The highest BCUT2D eigenvalue weighted by atomic mass is 16.5. The molecule has 0 radical (unpaired) electrons. The number of aromatic nitrogens is 5. The third-order valence-electron chi connectivity index (χ3n) is 6.11. The van der Waals surface area contributed by atoms with Gasteiger partial charge >= 0.3 is 0 Å². The minimum atomic E-state index is -0.261. The van der Waals surface area contributed by atoms with Crippen LogP contribution in [-0.2, 0) is 4.79 Å². The van der Waals surface area contributed by atoms with Gasteiger partial charge < -0.3 is 19.5 Å². The van der Waals surface area contributed by atoms with E-state index in [1.165, 1.54) is 4.68 Å². The minimum Gasteiger partial charge on any atom is -0.497 e. The first-order valence-electron chi connectivity index (χ1n) is 11.5. The third-order valence-corrected chi connectivity index (χ3v) is 6.11. The summed E-state index contributed by atoms with van der Waals surface area (Å²) in [5, 5.41) is 16.0. The Morgan fingerprint density at radius 2 is 2.03 bits per heavy atom. The molecule has 2 aromatic carbocycles. The standard InChI is InChI=1S/C27H24N6O4/c1-5-11-37-22-10-9-17(13-23(22)36-4)20-14-24(34)30-26-25(20)16(2)32-33(26)27-29-21(15-28-31-27)18-7-6-8-19(12-18)35-3/h1,6-10,12-13,15,20H,11,14H2,2-4H3,(H,30,34)/t20-/m1/s1. The van der Waals surface area contributed by atoms with Gasteiger partial charge in [0.15, 0.2) is 11.5 Å². The second-order valence-corrected chi connectivity index (χ2v) is 8.34. The zero-order valence-electron chi connectivity index (χ0n) is 20.6. The molecule has 1 amide bonds. The third kappa shape index (κ3) is 4.54. The number of amides is 1. The number of fused-ring (bicyclic) bond motifs is 1. The highest BCUT2D eigenvalue weighted by Gasteiger charge is 2.34. The maximum absolute atomic E-state index is 12.8. The van der Waals surface area contributed by atoms with Crippen LogP contribution in [0.25, 0.3) is 17.2 Å². The predicted molar refractivity (Wildman–Crippen MR) is 136 cm³/mol. The highest BCUT2D eigenvalue weighted by Crippen LogP contribution is 2.42. The van der Waals surface area contributed by atoms with Crippen molar-refractivity contribution in [3.63, 3.8) is 0 Å².